The highest BCUT2D eigenvalue weighted by Gasteiger charge is 2.07. The van der Waals surface area contributed by atoms with Crippen molar-refractivity contribution in [1.82, 2.24) is 4.90 Å². The molecular weight excluding hydrogens is 368 g/mol. The third-order valence-corrected chi connectivity index (χ3v) is 4.75. The second-order valence-electron chi connectivity index (χ2n) is 7.36. The summed E-state index contributed by atoms with van der Waals surface area (Å²) in [6.07, 6.45) is 7.13. The highest BCUT2D eigenvalue weighted by Crippen LogP contribution is 2.18. The molecule has 0 fully saturated rings. The van der Waals surface area contributed by atoms with Crippen molar-refractivity contribution in [3.8, 4) is 0 Å². The van der Waals surface area contributed by atoms with Gasteiger partial charge in [-0.05, 0) is 60.8 Å². The van der Waals surface area contributed by atoms with E-state index in [0.29, 0.717) is 12.2 Å². The van der Waals surface area contributed by atoms with Crippen molar-refractivity contribution in [2.45, 2.75) is 27.3 Å². The lowest BCUT2D eigenvalue weighted by molar-refractivity contribution is -0.125. The number of carbonyl (C=O) groups is 1. The van der Waals surface area contributed by atoms with Crippen LogP contribution in [-0.2, 0) is 11.3 Å². The summed E-state index contributed by atoms with van der Waals surface area (Å²) in [6.45, 7) is 14.6. The van der Waals surface area contributed by atoms with Gasteiger partial charge >= 0.3 is 0 Å². The molecule has 2 aromatic carbocycles. The van der Waals surface area contributed by atoms with Gasteiger partial charge in [-0.2, -0.15) is 0 Å². The van der Waals surface area contributed by atoms with E-state index in [1.54, 1.807) is 30.3 Å². The predicted octanol–water partition coefficient (Wildman–Crippen LogP) is 6.23. The molecule has 154 valence electrons. The molecule has 2 aromatic rings. The fourth-order valence-electron chi connectivity index (χ4n) is 2.77. The van der Waals surface area contributed by atoms with Gasteiger partial charge in [0.15, 0.2) is 0 Å². The fraction of sp³-hybridized carbons (Fsp3) is 0.185. The van der Waals surface area contributed by atoms with Crippen LogP contribution in [0.15, 0.2) is 90.5 Å². The zero-order valence-electron chi connectivity index (χ0n) is 18.4. The van der Waals surface area contributed by atoms with Gasteiger partial charge in [-0.15, -0.1) is 0 Å². The van der Waals surface area contributed by atoms with E-state index in [0.717, 1.165) is 33.4 Å². The summed E-state index contributed by atoms with van der Waals surface area (Å²) < 4.78 is 0. The average molecular weight is 399 g/mol. The lowest BCUT2D eigenvalue weighted by Crippen LogP contribution is -2.24. The van der Waals surface area contributed by atoms with E-state index in [2.05, 4.69) is 24.2 Å². The van der Waals surface area contributed by atoms with Gasteiger partial charge in [-0.25, -0.2) is 0 Å². The Kier molecular flexibility index (Phi) is 8.30. The first-order valence-electron chi connectivity index (χ1n) is 9.94. The third-order valence-electron chi connectivity index (χ3n) is 4.75. The van der Waals surface area contributed by atoms with E-state index in [1.807, 2.05) is 69.3 Å². The molecule has 0 radical (unpaired) electrons. The molecule has 0 aromatic heterocycles. The van der Waals surface area contributed by atoms with Crippen LogP contribution in [0.4, 0.5) is 0 Å². The van der Waals surface area contributed by atoms with Crippen molar-refractivity contribution in [2.24, 2.45) is 4.99 Å². The van der Waals surface area contributed by atoms with E-state index >= 15 is 0 Å². The monoisotopic (exact) mass is 398 g/mol. The van der Waals surface area contributed by atoms with Gasteiger partial charge in [-0.3, -0.25) is 9.79 Å². The molecule has 1 amide bonds. The Balaban J connectivity index is 2.02. The number of likely N-dealkylation sites (N-methyl/N-ethyl adjacent to an activating group) is 1. The molecule has 0 saturated heterocycles. The summed E-state index contributed by atoms with van der Waals surface area (Å²) in [4.78, 5) is 18.6. The zero-order chi connectivity index (χ0) is 22.1. The zero-order valence-corrected chi connectivity index (χ0v) is 18.4. The number of allylic oxidation sites excluding steroid dienone is 4. The minimum Gasteiger partial charge on any atom is -0.338 e. The number of hydrogen-bond donors (Lipinski definition) is 0. The molecule has 0 heterocycles. The second kappa shape index (κ2) is 10.9. The predicted molar refractivity (Wildman–Crippen MR) is 129 cm³/mol. The number of aryl methyl sites for hydroxylation is 1. The van der Waals surface area contributed by atoms with Crippen molar-refractivity contribution >= 4 is 23.4 Å². The van der Waals surface area contributed by atoms with Crippen molar-refractivity contribution in [2.75, 3.05) is 7.05 Å². The molecule has 3 heteroatoms. The van der Waals surface area contributed by atoms with Crippen LogP contribution in [0.2, 0.25) is 0 Å². The van der Waals surface area contributed by atoms with Crippen LogP contribution in [0.1, 0.15) is 36.1 Å². The topological polar surface area (TPSA) is 32.7 Å². The van der Waals surface area contributed by atoms with Gasteiger partial charge in [0.25, 0.3) is 0 Å². The Hall–Kier alpha value is -3.46. The second-order valence-corrected chi connectivity index (χ2v) is 7.36. The minimum absolute atomic E-state index is 0.0743. The molecule has 0 unspecified atom stereocenters. The molecule has 0 atom stereocenters. The first-order chi connectivity index (χ1) is 14.3. The molecule has 0 bridgehead atoms. The maximum atomic E-state index is 12.5. The van der Waals surface area contributed by atoms with E-state index in [1.165, 1.54) is 0 Å². The number of carbonyl (C=O) groups excluding carboxylic acids is 1. The maximum Gasteiger partial charge on any atom is 0.246 e. The summed E-state index contributed by atoms with van der Waals surface area (Å²) in [6, 6.07) is 16.0. The summed E-state index contributed by atoms with van der Waals surface area (Å²) in [5, 5.41) is 0. The molecule has 0 N–H and O–H groups in total. The number of hydrogen-bond acceptors (Lipinski definition) is 2. The molecular formula is C27H30N2O. The third kappa shape index (κ3) is 6.85. The molecule has 30 heavy (non-hydrogen) atoms. The molecule has 0 aliphatic heterocycles. The molecule has 0 saturated carbocycles. The van der Waals surface area contributed by atoms with Crippen LogP contribution < -0.4 is 0 Å². The van der Waals surface area contributed by atoms with E-state index in [4.69, 9.17) is 0 Å². The summed E-state index contributed by atoms with van der Waals surface area (Å²) in [5.74, 6) is -0.0743. The quantitative estimate of drug-likeness (QED) is 0.295. The Morgan fingerprint density at radius 3 is 2.47 bits per heavy atom. The van der Waals surface area contributed by atoms with E-state index < -0.39 is 0 Å². The van der Waals surface area contributed by atoms with Crippen molar-refractivity contribution < 1.29 is 4.79 Å². The van der Waals surface area contributed by atoms with Crippen molar-refractivity contribution in [3.63, 3.8) is 0 Å². The summed E-state index contributed by atoms with van der Waals surface area (Å²) in [7, 11) is 1.79. The van der Waals surface area contributed by atoms with Gasteiger partial charge < -0.3 is 4.90 Å². The maximum absolute atomic E-state index is 12.5. The van der Waals surface area contributed by atoms with Crippen LogP contribution in [0.3, 0.4) is 0 Å². The number of nitrogens with zero attached hydrogens (tertiary/aromatic N) is 2. The lowest BCUT2D eigenvalue weighted by atomic mass is 10.0. The Labute approximate surface area is 180 Å². The van der Waals surface area contributed by atoms with Gasteiger partial charge in [-0.1, -0.05) is 67.3 Å². The van der Waals surface area contributed by atoms with Crippen LogP contribution in [0.25, 0.3) is 11.3 Å². The van der Waals surface area contributed by atoms with Gasteiger partial charge in [0, 0.05) is 25.9 Å². The highest BCUT2D eigenvalue weighted by atomic mass is 16.2. The number of benzene rings is 2. The Morgan fingerprint density at radius 1 is 1.07 bits per heavy atom. The fourth-order valence-corrected chi connectivity index (χ4v) is 2.77. The first-order valence-corrected chi connectivity index (χ1v) is 9.94. The van der Waals surface area contributed by atoms with Gasteiger partial charge in [0.1, 0.15) is 0 Å². The smallest absolute Gasteiger partial charge is 0.246 e. The largest absolute Gasteiger partial charge is 0.338 e. The summed E-state index contributed by atoms with van der Waals surface area (Å²) in [5.41, 5.74) is 6.73. The Bertz CT molecular complexity index is 1020. The normalized spacial score (nSPS) is 11.8. The number of rotatable bonds is 8. The molecule has 0 spiro atoms. The SMILES string of the molecule is C=C(/C=C\C(=O)N(C)Cc1cccc(C(=C)N=C/C(C)=C\C)c1)c1cccc(C)c1. The van der Waals surface area contributed by atoms with E-state index in [-0.39, 0.29) is 5.91 Å². The minimum atomic E-state index is -0.0743. The van der Waals surface area contributed by atoms with Crippen molar-refractivity contribution in [3.05, 3.63) is 108 Å². The lowest BCUT2D eigenvalue weighted by Gasteiger charge is -2.16. The molecule has 2 rings (SSSR count). The molecule has 0 aliphatic carbocycles. The molecule has 0 aliphatic rings. The average Bonchev–Trinajstić information content (AvgIpc) is 2.75. The van der Waals surface area contributed by atoms with Crippen LogP contribution >= 0.6 is 0 Å². The highest BCUT2D eigenvalue weighted by molar-refractivity contribution is 5.90. The van der Waals surface area contributed by atoms with Crippen molar-refractivity contribution in [1.29, 1.82) is 0 Å². The van der Waals surface area contributed by atoms with Gasteiger partial charge in [0.05, 0.1) is 5.70 Å². The number of amides is 1. The van der Waals surface area contributed by atoms with Crippen LogP contribution in [0, 0.1) is 6.92 Å². The van der Waals surface area contributed by atoms with Crippen LogP contribution in [0.5, 0.6) is 0 Å². The van der Waals surface area contributed by atoms with Gasteiger partial charge in [0.2, 0.25) is 5.91 Å². The van der Waals surface area contributed by atoms with Crippen LogP contribution in [-0.4, -0.2) is 24.1 Å². The van der Waals surface area contributed by atoms with E-state index in [9.17, 15) is 4.79 Å². The standard InChI is InChI=1S/C27H30N2O/c1-7-20(2)18-28-23(5)26-13-9-11-24(17-26)19-29(6)27(30)15-14-22(4)25-12-8-10-21(3)16-25/h7-18H,4-5,19H2,1-3,6H3/b15-14-,20-7-,28-18?. The first kappa shape index (κ1) is 22.8. The number of aliphatic imine (C=N–C) groups is 1. The Morgan fingerprint density at radius 2 is 1.77 bits per heavy atom. The molecule has 3 nitrogen and oxygen atoms in total. The summed E-state index contributed by atoms with van der Waals surface area (Å²) >= 11 is 0.